The second-order valence-corrected chi connectivity index (χ2v) is 6.02. The van der Waals surface area contributed by atoms with Gasteiger partial charge in [-0.1, -0.05) is 34.8 Å². The first kappa shape index (κ1) is 18.3. The third kappa shape index (κ3) is 4.50. The standard InChI is InChI=1S/C13H12Cl3N5O3/c1-7-17-11(21(23)24)6-20(7)3-2-12(22)18-19-13-9(15)4-8(14)5-10(13)16/h4-6,19H,2-3H2,1H3,(H,18,22). The molecule has 0 saturated carbocycles. The summed E-state index contributed by atoms with van der Waals surface area (Å²) >= 11 is 17.8. The van der Waals surface area contributed by atoms with Gasteiger partial charge in [0.15, 0.2) is 0 Å². The maximum absolute atomic E-state index is 11.9. The fraction of sp³-hybridized carbons (Fsp3) is 0.231. The van der Waals surface area contributed by atoms with E-state index >= 15 is 0 Å². The van der Waals surface area contributed by atoms with Gasteiger partial charge in [0.2, 0.25) is 11.7 Å². The number of amides is 1. The Kier molecular flexibility index (Phi) is 5.87. The number of carbonyl (C=O) groups excluding carboxylic acids is 1. The Labute approximate surface area is 151 Å². The van der Waals surface area contributed by atoms with Crippen molar-refractivity contribution in [1.29, 1.82) is 0 Å². The Balaban J connectivity index is 1.92. The Bertz CT molecular complexity index is 770. The molecule has 0 atom stereocenters. The second kappa shape index (κ2) is 7.69. The molecule has 1 heterocycles. The molecule has 128 valence electrons. The molecule has 0 aliphatic rings. The summed E-state index contributed by atoms with van der Waals surface area (Å²) in [4.78, 5) is 25.7. The van der Waals surface area contributed by atoms with Crippen LogP contribution in [0.15, 0.2) is 18.3 Å². The third-order valence-electron chi connectivity index (χ3n) is 3.06. The molecule has 11 heteroatoms. The van der Waals surface area contributed by atoms with Gasteiger partial charge in [0.05, 0.1) is 15.7 Å². The predicted molar refractivity (Wildman–Crippen MR) is 91.5 cm³/mol. The molecule has 0 aliphatic carbocycles. The highest BCUT2D eigenvalue weighted by Crippen LogP contribution is 2.33. The van der Waals surface area contributed by atoms with Crippen LogP contribution in [0.5, 0.6) is 0 Å². The molecule has 0 fully saturated rings. The van der Waals surface area contributed by atoms with Crippen molar-refractivity contribution in [2.75, 3.05) is 5.43 Å². The van der Waals surface area contributed by atoms with Gasteiger partial charge in [0.1, 0.15) is 6.20 Å². The van der Waals surface area contributed by atoms with E-state index in [1.807, 2.05) is 0 Å². The largest absolute Gasteiger partial charge is 0.381 e. The Morgan fingerprint density at radius 3 is 2.50 bits per heavy atom. The molecule has 8 nitrogen and oxygen atoms in total. The normalized spacial score (nSPS) is 10.5. The van der Waals surface area contributed by atoms with E-state index in [2.05, 4.69) is 15.8 Å². The molecular weight excluding hydrogens is 381 g/mol. The van der Waals surface area contributed by atoms with E-state index in [1.54, 1.807) is 6.92 Å². The number of halogens is 3. The van der Waals surface area contributed by atoms with Crippen LogP contribution in [0.3, 0.4) is 0 Å². The number of hydrogen-bond acceptors (Lipinski definition) is 5. The van der Waals surface area contributed by atoms with Crippen LogP contribution in [0.2, 0.25) is 15.1 Å². The summed E-state index contributed by atoms with van der Waals surface area (Å²) in [7, 11) is 0. The number of rotatable bonds is 6. The van der Waals surface area contributed by atoms with Crippen LogP contribution < -0.4 is 10.9 Å². The number of aromatic nitrogens is 2. The SMILES string of the molecule is Cc1nc([N+](=O)[O-])cn1CCC(=O)NNc1c(Cl)cc(Cl)cc1Cl. The lowest BCUT2D eigenvalue weighted by Gasteiger charge is -2.12. The van der Waals surface area contributed by atoms with Crippen LogP contribution in [-0.4, -0.2) is 20.4 Å². The van der Waals surface area contributed by atoms with Gasteiger partial charge in [-0.25, -0.2) is 0 Å². The minimum absolute atomic E-state index is 0.0736. The smallest absolute Gasteiger partial charge is 0.358 e. The predicted octanol–water partition coefficient (Wildman–Crippen LogP) is 3.59. The lowest BCUT2D eigenvalue weighted by molar-refractivity contribution is -0.389. The fourth-order valence-corrected chi connectivity index (χ4v) is 2.80. The molecule has 0 spiro atoms. The van der Waals surface area contributed by atoms with Gasteiger partial charge in [-0.2, -0.15) is 0 Å². The molecular formula is C13H12Cl3N5O3. The summed E-state index contributed by atoms with van der Waals surface area (Å²) in [5, 5.41) is 11.5. The number of aryl methyl sites for hydroxylation is 2. The number of hydrazine groups is 1. The first-order chi connectivity index (χ1) is 11.3. The summed E-state index contributed by atoms with van der Waals surface area (Å²) in [6.45, 7) is 1.86. The van der Waals surface area contributed by atoms with Crippen molar-refractivity contribution in [1.82, 2.24) is 15.0 Å². The topological polar surface area (TPSA) is 102 Å². The number of carbonyl (C=O) groups is 1. The van der Waals surface area contributed by atoms with Crippen LogP contribution in [0.25, 0.3) is 0 Å². The van der Waals surface area contributed by atoms with Crippen LogP contribution in [0.1, 0.15) is 12.2 Å². The van der Waals surface area contributed by atoms with E-state index in [1.165, 1.54) is 22.9 Å². The van der Waals surface area contributed by atoms with Gasteiger partial charge in [0, 0.05) is 24.9 Å². The van der Waals surface area contributed by atoms with Gasteiger partial charge in [-0.15, -0.1) is 0 Å². The molecule has 1 amide bonds. The molecule has 2 aromatic rings. The molecule has 2 rings (SSSR count). The molecule has 1 aromatic carbocycles. The quantitative estimate of drug-likeness (QED) is 0.577. The van der Waals surface area contributed by atoms with Gasteiger partial charge >= 0.3 is 5.82 Å². The minimum Gasteiger partial charge on any atom is -0.358 e. The van der Waals surface area contributed by atoms with E-state index in [-0.39, 0.29) is 34.7 Å². The maximum Gasteiger partial charge on any atom is 0.381 e. The zero-order chi connectivity index (χ0) is 17.9. The summed E-state index contributed by atoms with van der Waals surface area (Å²) in [5.41, 5.74) is 5.40. The van der Waals surface area contributed by atoms with E-state index in [0.29, 0.717) is 16.5 Å². The monoisotopic (exact) mass is 391 g/mol. The van der Waals surface area contributed by atoms with Crippen molar-refractivity contribution in [2.24, 2.45) is 0 Å². The molecule has 24 heavy (non-hydrogen) atoms. The van der Waals surface area contributed by atoms with E-state index in [9.17, 15) is 14.9 Å². The molecule has 0 bridgehead atoms. The van der Waals surface area contributed by atoms with Crippen LogP contribution >= 0.6 is 34.8 Å². The Hall–Kier alpha value is -2.03. The first-order valence-corrected chi connectivity index (χ1v) is 7.79. The zero-order valence-corrected chi connectivity index (χ0v) is 14.6. The highest BCUT2D eigenvalue weighted by atomic mass is 35.5. The summed E-state index contributed by atoms with van der Waals surface area (Å²) < 4.78 is 1.53. The van der Waals surface area contributed by atoms with E-state index < -0.39 is 4.92 Å². The van der Waals surface area contributed by atoms with Crippen LogP contribution in [-0.2, 0) is 11.3 Å². The number of imidazole rings is 1. The van der Waals surface area contributed by atoms with Crippen molar-refractivity contribution < 1.29 is 9.72 Å². The van der Waals surface area contributed by atoms with E-state index in [4.69, 9.17) is 34.8 Å². The van der Waals surface area contributed by atoms with Crippen molar-refractivity contribution in [2.45, 2.75) is 19.9 Å². The van der Waals surface area contributed by atoms with Gasteiger partial charge in [0.25, 0.3) is 0 Å². The lowest BCUT2D eigenvalue weighted by atomic mass is 10.3. The molecule has 0 unspecified atom stereocenters. The minimum atomic E-state index is -0.588. The van der Waals surface area contributed by atoms with Crippen LogP contribution in [0, 0.1) is 17.0 Å². The second-order valence-electron chi connectivity index (χ2n) is 4.76. The van der Waals surface area contributed by atoms with Crippen molar-refractivity contribution >= 4 is 52.2 Å². The average Bonchev–Trinajstić information content (AvgIpc) is 2.85. The highest BCUT2D eigenvalue weighted by Gasteiger charge is 2.16. The van der Waals surface area contributed by atoms with E-state index in [0.717, 1.165) is 0 Å². The first-order valence-electron chi connectivity index (χ1n) is 6.65. The third-order valence-corrected chi connectivity index (χ3v) is 3.88. The van der Waals surface area contributed by atoms with Gasteiger partial charge in [-0.05, 0) is 22.0 Å². The number of benzene rings is 1. The Morgan fingerprint density at radius 1 is 1.33 bits per heavy atom. The molecule has 0 saturated heterocycles. The number of hydrogen-bond donors (Lipinski definition) is 2. The number of anilines is 1. The molecule has 0 aliphatic heterocycles. The number of nitrogens with one attached hydrogen (secondary N) is 2. The lowest BCUT2D eigenvalue weighted by Crippen LogP contribution is -2.30. The van der Waals surface area contributed by atoms with Crippen molar-refractivity contribution in [3.63, 3.8) is 0 Å². The van der Waals surface area contributed by atoms with Crippen molar-refractivity contribution in [3.05, 3.63) is 49.3 Å². The summed E-state index contributed by atoms with van der Waals surface area (Å²) in [6.07, 6.45) is 1.35. The average molecular weight is 393 g/mol. The summed E-state index contributed by atoms with van der Waals surface area (Å²) in [6, 6.07) is 2.97. The molecule has 0 radical (unpaired) electrons. The molecule has 2 N–H and O–H groups in total. The van der Waals surface area contributed by atoms with Crippen molar-refractivity contribution in [3.8, 4) is 0 Å². The zero-order valence-electron chi connectivity index (χ0n) is 12.3. The number of nitro groups is 1. The Morgan fingerprint density at radius 2 is 1.96 bits per heavy atom. The van der Waals surface area contributed by atoms with Crippen LogP contribution in [0.4, 0.5) is 11.5 Å². The number of nitrogens with zero attached hydrogens (tertiary/aromatic N) is 3. The fourth-order valence-electron chi connectivity index (χ4n) is 1.88. The summed E-state index contributed by atoms with van der Waals surface area (Å²) in [5.74, 6) is -0.162. The maximum atomic E-state index is 11.9. The van der Waals surface area contributed by atoms with Gasteiger partial charge in [-0.3, -0.25) is 15.6 Å². The van der Waals surface area contributed by atoms with Gasteiger partial charge < -0.3 is 14.7 Å². The molecule has 1 aromatic heterocycles. The highest BCUT2D eigenvalue weighted by molar-refractivity contribution is 6.41.